The summed E-state index contributed by atoms with van der Waals surface area (Å²) in [5.74, 6) is 0.584. The predicted octanol–water partition coefficient (Wildman–Crippen LogP) is 3.88. The van der Waals surface area contributed by atoms with E-state index in [4.69, 9.17) is 4.74 Å². The summed E-state index contributed by atoms with van der Waals surface area (Å²) >= 11 is 6.48. The molecule has 2 aromatic rings. The van der Waals surface area contributed by atoms with Gasteiger partial charge in [0.05, 0.1) is 22.3 Å². The Balaban J connectivity index is 1.92. The van der Waals surface area contributed by atoms with Crippen LogP contribution in [0.5, 0.6) is 11.5 Å². The van der Waals surface area contributed by atoms with Gasteiger partial charge in [-0.25, -0.2) is 5.43 Å². The van der Waals surface area contributed by atoms with Crippen LogP contribution in [0.2, 0.25) is 0 Å². The lowest BCUT2D eigenvalue weighted by molar-refractivity contribution is -0.121. The van der Waals surface area contributed by atoms with Crippen LogP contribution >= 0.6 is 31.9 Å². The van der Waals surface area contributed by atoms with Gasteiger partial charge in [-0.2, -0.15) is 5.10 Å². The largest absolute Gasteiger partial charge is 0.506 e. The Labute approximate surface area is 162 Å². The predicted molar refractivity (Wildman–Crippen MR) is 105 cm³/mol. The summed E-state index contributed by atoms with van der Waals surface area (Å²) in [5.41, 5.74) is 4.00. The maximum absolute atomic E-state index is 12.1. The zero-order chi connectivity index (χ0) is 18.4. The van der Waals surface area contributed by atoms with Crippen molar-refractivity contribution in [2.45, 2.75) is 13.0 Å². The van der Waals surface area contributed by atoms with Crippen molar-refractivity contribution in [3.8, 4) is 11.5 Å². The van der Waals surface area contributed by atoms with Gasteiger partial charge < -0.3 is 15.2 Å². The molecule has 0 heterocycles. The third-order valence-electron chi connectivity index (χ3n) is 3.29. The number of amides is 1. The molecular formula is C17H17Br2N3O3. The SMILES string of the molecule is COc1ccc(NC(C)C(=O)NN=Cc2cc(Br)c(O)c(Br)c2)cc1. The van der Waals surface area contributed by atoms with Gasteiger partial charge in [0.15, 0.2) is 0 Å². The van der Waals surface area contributed by atoms with Gasteiger partial charge in [0.25, 0.3) is 5.91 Å². The second kappa shape index (κ2) is 8.87. The van der Waals surface area contributed by atoms with Gasteiger partial charge in [0.1, 0.15) is 17.5 Å². The summed E-state index contributed by atoms with van der Waals surface area (Å²) in [6.07, 6.45) is 1.49. The first kappa shape index (κ1) is 19.3. The third kappa shape index (κ3) is 5.47. The number of ether oxygens (including phenoxy) is 1. The van der Waals surface area contributed by atoms with Gasteiger partial charge in [-0.1, -0.05) is 0 Å². The van der Waals surface area contributed by atoms with Crippen molar-refractivity contribution in [3.63, 3.8) is 0 Å². The van der Waals surface area contributed by atoms with E-state index in [0.29, 0.717) is 14.5 Å². The Bertz CT molecular complexity index is 756. The number of anilines is 1. The zero-order valence-corrected chi connectivity index (χ0v) is 16.8. The zero-order valence-electron chi connectivity index (χ0n) is 13.6. The minimum atomic E-state index is -0.469. The van der Waals surface area contributed by atoms with Crippen molar-refractivity contribution in [3.05, 3.63) is 50.9 Å². The lowest BCUT2D eigenvalue weighted by Crippen LogP contribution is -2.34. The average Bonchev–Trinajstić information content (AvgIpc) is 2.60. The van der Waals surface area contributed by atoms with Gasteiger partial charge in [-0.3, -0.25) is 4.79 Å². The molecule has 1 atom stereocenters. The van der Waals surface area contributed by atoms with Gasteiger partial charge in [0.2, 0.25) is 0 Å². The Morgan fingerprint density at radius 3 is 2.40 bits per heavy atom. The number of halogens is 2. The van der Waals surface area contributed by atoms with Crippen LogP contribution in [0.1, 0.15) is 12.5 Å². The van der Waals surface area contributed by atoms with Crippen molar-refractivity contribution in [2.24, 2.45) is 5.10 Å². The topological polar surface area (TPSA) is 83.0 Å². The molecule has 8 heteroatoms. The lowest BCUT2D eigenvalue weighted by Gasteiger charge is -2.13. The van der Waals surface area contributed by atoms with Gasteiger partial charge >= 0.3 is 0 Å². The highest BCUT2D eigenvalue weighted by Gasteiger charge is 2.11. The summed E-state index contributed by atoms with van der Waals surface area (Å²) in [6.45, 7) is 1.74. The molecule has 0 fully saturated rings. The summed E-state index contributed by atoms with van der Waals surface area (Å²) in [6, 6.07) is 10.2. The van der Waals surface area contributed by atoms with E-state index in [1.807, 2.05) is 24.3 Å². The average molecular weight is 471 g/mol. The van der Waals surface area contributed by atoms with Crippen LogP contribution in [0.4, 0.5) is 5.69 Å². The van der Waals surface area contributed by atoms with Crippen LogP contribution in [0.15, 0.2) is 50.4 Å². The Kier molecular flexibility index (Phi) is 6.83. The summed E-state index contributed by atoms with van der Waals surface area (Å²) in [5, 5.41) is 16.7. The molecule has 0 aliphatic rings. The number of aromatic hydroxyl groups is 1. The van der Waals surface area contributed by atoms with Crippen molar-refractivity contribution < 1.29 is 14.6 Å². The molecule has 0 radical (unpaired) electrons. The normalized spacial score (nSPS) is 12.0. The fraction of sp³-hybridized carbons (Fsp3) is 0.176. The fourth-order valence-electron chi connectivity index (χ4n) is 1.93. The number of carbonyl (C=O) groups is 1. The maximum atomic E-state index is 12.1. The molecule has 1 amide bonds. The van der Waals surface area contributed by atoms with Crippen LogP contribution < -0.4 is 15.5 Å². The smallest absolute Gasteiger partial charge is 0.262 e. The highest BCUT2D eigenvalue weighted by atomic mass is 79.9. The standard InChI is InChI=1S/C17H17Br2N3O3/c1-10(21-12-3-5-13(25-2)6-4-12)17(24)22-20-9-11-7-14(18)16(23)15(19)8-11/h3-10,21,23H,1-2H3,(H,22,24). The maximum Gasteiger partial charge on any atom is 0.262 e. The molecule has 0 bridgehead atoms. The van der Waals surface area contributed by atoms with E-state index >= 15 is 0 Å². The number of methoxy groups -OCH3 is 1. The summed E-state index contributed by atoms with van der Waals surface area (Å²) < 4.78 is 6.16. The second-order valence-corrected chi connectivity index (χ2v) is 6.87. The molecule has 2 rings (SSSR count). The van der Waals surface area contributed by atoms with Crippen molar-refractivity contribution >= 4 is 49.7 Å². The van der Waals surface area contributed by atoms with Crippen LogP contribution in [0.3, 0.4) is 0 Å². The van der Waals surface area contributed by atoms with E-state index < -0.39 is 6.04 Å². The van der Waals surface area contributed by atoms with Crippen LogP contribution in [0.25, 0.3) is 0 Å². The van der Waals surface area contributed by atoms with Crippen LogP contribution in [-0.2, 0) is 4.79 Å². The van der Waals surface area contributed by atoms with E-state index in [9.17, 15) is 9.90 Å². The Morgan fingerprint density at radius 2 is 1.84 bits per heavy atom. The molecule has 0 saturated carbocycles. The van der Waals surface area contributed by atoms with Gasteiger partial charge in [0, 0.05) is 5.69 Å². The van der Waals surface area contributed by atoms with E-state index in [1.54, 1.807) is 26.2 Å². The number of hydrogen-bond acceptors (Lipinski definition) is 5. The summed E-state index contributed by atoms with van der Waals surface area (Å²) in [4.78, 5) is 12.1. The molecule has 6 nitrogen and oxygen atoms in total. The number of nitrogens with one attached hydrogen (secondary N) is 2. The molecule has 132 valence electrons. The number of hydrazone groups is 1. The van der Waals surface area contributed by atoms with Crippen LogP contribution in [0, 0.1) is 0 Å². The van der Waals surface area contributed by atoms with Crippen molar-refractivity contribution in [1.29, 1.82) is 0 Å². The molecular weight excluding hydrogens is 454 g/mol. The first-order chi connectivity index (χ1) is 11.9. The number of rotatable bonds is 6. The van der Waals surface area contributed by atoms with E-state index in [-0.39, 0.29) is 11.7 Å². The van der Waals surface area contributed by atoms with E-state index in [0.717, 1.165) is 11.4 Å². The third-order valence-corrected chi connectivity index (χ3v) is 4.50. The van der Waals surface area contributed by atoms with Crippen molar-refractivity contribution in [1.82, 2.24) is 5.43 Å². The summed E-state index contributed by atoms with van der Waals surface area (Å²) in [7, 11) is 1.60. The molecule has 3 N–H and O–H groups in total. The molecule has 0 spiro atoms. The quantitative estimate of drug-likeness (QED) is 0.442. The minimum absolute atomic E-state index is 0.110. The Hall–Kier alpha value is -2.06. The first-order valence-electron chi connectivity index (χ1n) is 7.32. The van der Waals surface area contributed by atoms with E-state index in [2.05, 4.69) is 47.7 Å². The minimum Gasteiger partial charge on any atom is -0.506 e. The number of phenols is 1. The second-order valence-electron chi connectivity index (χ2n) is 5.16. The fourth-order valence-corrected chi connectivity index (χ4v) is 3.15. The van der Waals surface area contributed by atoms with Crippen LogP contribution in [-0.4, -0.2) is 30.4 Å². The highest BCUT2D eigenvalue weighted by Crippen LogP contribution is 2.32. The lowest BCUT2D eigenvalue weighted by atomic mass is 10.2. The molecule has 0 aliphatic heterocycles. The number of benzene rings is 2. The molecule has 0 aliphatic carbocycles. The highest BCUT2D eigenvalue weighted by molar-refractivity contribution is 9.11. The number of carbonyl (C=O) groups excluding carboxylic acids is 1. The van der Waals surface area contributed by atoms with Gasteiger partial charge in [-0.05, 0) is 80.7 Å². The van der Waals surface area contributed by atoms with Crippen molar-refractivity contribution in [2.75, 3.05) is 12.4 Å². The molecule has 25 heavy (non-hydrogen) atoms. The van der Waals surface area contributed by atoms with E-state index in [1.165, 1.54) is 6.21 Å². The monoisotopic (exact) mass is 469 g/mol. The number of hydrogen-bond donors (Lipinski definition) is 3. The number of nitrogens with zero attached hydrogens (tertiary/aromatic N) is 1. The molecule has 0 aromatic heterocycles. The molecule has 2 aromatic carbocycles. The first-order valence-corrected chi connectivity index (χ1v) is 8.91. The Morgan fingerprint density at radius 1 is 1.24 bits per heavy atom. The molecule has 1 unspecified atom stereocenters. The molecule has 0 saturated heterocycles. The van der Waals surface area contributed by atoms with Gasteiger partial charge in [-0.15, -0.1) is 0 Å². The number of phenolic OH excluding ortho intramolecular Hbond substituents is 1.